The molecule has 0 unspecified atom stereocenters. The van der Waals surface area contributed by atoms with E-state index in [4.69, 9.17) is 9.15 Å². The lowest BCUT2D eigenvalue weighted by molar-refractivity contribution is 0.415. The van der Waals surface area contributed by atoms with Gasteiger partial charge in [-0.2, -0.15) is 0 Å². The summed E-state index contributed by atoms with van der Waals surface area (Å²) in [6.07, 6.45) is 2.72. The largest absolute Gasteiger partial charge is 0.497 e. The molecule has 0 bridgehead atoms. The van der Waals surface area contributed by atoms with E-state index in [0.717, 1.165) is 53.3 Å². The number of benzene rings is 1. The van der Waals surface area contributed by atoms with Crippen molar-refractivity contribution in [3.63, 3.8) is 0 Å². The van der Waals surface area contributed by atoms with E-state index >= 15 is 0 Å². The summed E-state index contributed by atoms with van der Waals surface area (Å²) in [6, 6.07) is 7.59. The van der Waals surface area contributed by atoms with Crippen LogP contribution in [0.4, 0.5) is 0 Å². The Morgan fingerprint density at radius 1 is 1.23 bits per heavy atom. The number of aromatic amines is 1. The van der Waals surface area contributed by atoms with Gasteiger partial charge in [-0.3, -0.25) is 4.79 Å². The Hall–Kier alpha value is -2.54. The molecule has 134 valence electrons. The molecule has 0 spiro atoms. The number of nitrogens with zero attached hydrogens (tertiary/aromatic N) is 2. The lowest BCUT2D eigenvalue weighted by atomic mass is 10.2. The van der Waals surface area contributed by atoms with Crippen LogP contribution in [0.25, 0.3) is 11.5 Å². The van der Waals surface area contributed by atoms with Crippen molar-refractivity contribution in [3.8, 4) is 17.2 Å². The Morgan fingerprint density at radius 3 is 2.81 bits per heavy atom. The van der Waals surface area contributed by atoms with Gasteiger partial charge >= 0.3 is 0 Å². The summed E-state index contributed by atoms with van der Waals surface area (Å²) < 4.78 is 11.0. The molecule has 2 heterocycles. The molecule has 0 fully saturated rings. The number of rotatable bonds is 5. The van der Waals surface area contributed by atoms with Crippen LogP contribution in [0.3, 0.4) is 0 Å². The minimum Gasteiger partial charge on any atom is -0.497 e. The van der Waals surface area contributed by atoms with Crippen LogP contribution in [-0.4, -0.2) is 22.1 Å². The third-order valence-electron chi connectivity index (χ3n) is 4.49. The van der Waals surface area contributed by atoms with Gasteiger partial charge in [0.2, 0.25) is 5.89 Å². The zero-order valence-electron chi connectivity index (χ0n) is 14.7. The molecule has 0 amide bonds. The molecule has 6 nitrogen and oxygen atoms in total. The van der Waals surface area contributed by atoms with Crippen LogP contribution in [0.2, 0.25) is 0 Å². The highest BCUT2D eigenvalue weighted by molar-refractivity contribution is 7.98. The SMILES string of the molecule is COc1ccc(-c2nc(CSc3nc4c(c(=O)[nH]3)CCC4)c(C)o2)cc1. The van der Waals surface area contributed by atoms with Crippen LogP contribution in [-0.2, 0) is 18.6 Å². The molecule has 0 saturated carbocycles. The number of thioether (sulfide) groups is 1. The summed E-state index contributed by atoms with van der Waals surface area (Å²) in [5.74, 6) is 2.73. The third-order valence-corrected chi connectivity index (χ3v) is 5.38. The normalized spacial score (nSPS) is 13.0. The average molecular weight is 369 g/mol. The fraction of sp³-hybridized carbons (Fsp3) is 0.316. The van der Waals surface area contributed by atoms with Gasteiger partial charge in [0.1, 0.15) is 11.5 Å². The van der Waals surface area contributed by atoms with Crippen molar-refractivity contribution in [3.05, 3.63) is 57.3 Å². The molecule has 1 aromatic carbocycles. The number of hydrogen-bond donors (Lipinski definition) is 1. The van der Waals surface area contributed by atoms with Crippen molar-refractivity contribution in [1.82, 2.24) is 15.0 Å². The molecule has 1 N–H and O–H groups in total. The van der Waals surface area contributed by atoms with E-state index in [1.54, 1.807) is 7.11 Å². The zero-order valence-corrected chi connectivity index (χ0v) is 15.5. The predicted molar refractivity (Wildman–Crippen MR) is 99.7 cm³/mol. The number of aromatic nitrogens is 3. The summed E-state index contributed by atoms with van der Waals surface area (Å²) >= 11 is 1.47. The summed E-state index contributed by atoms with van der Waals surface area (Å²) in [4.78, 5) is 24.1. The molecule has 26 heavy (non-hydrogen) atoms. The van der Waals surface area contributed by atoms with Gasteiger partial charge in [0, 0.05) is 16.9 Å². The van der Waals surface area contributed by atoms with Gasteiger partial charge in [0.15, 0.2) is 5.16 Å². The number of nitrogens with one attached hydrogen (secondary N) is 1. The standard InChI is InChI=1S/C19H19N3O3S/c1-11-16(20-18(25-11)12-6-8-13(24-2)9-7-12)10-26-19-21-15-5-3-4-14(15)17(23)22-19/h6-9H,3-5,10H2,1-2H3,(H,21,22,23). The quantitative estimate of drug-likeness (QED) is 0.547. The van der Waals surface area contributed by atoms with Crippen molar-refractivity contribution in [2.24, 2.45) is 0 Å². The first kappa shape index (κ1) is 16.9. The van der Waals surface area contributed by atoms with Crippen molar-refractivity contribution in [1.29, 1.82) is 0 Å². The molecule has 0 saturated heterocycles. The zero-order chi connectivity index (χ0) is 18.1. The van der Waals surface area contributed by atoms with E-state index in [1.165, 1.54) is 11.8 Å². The fourth-order valence-electron chi connectivity index (χ4n) is 3.04. The first-order chi connectivity index (χ1) is 12.6. The van der Waals surface area contributed by atoms with E-state index in [-0.39, 0.29) is 5.56 Å². The topological polar surface area (TPSA) is 81.0 Å². The van der Waals surface area contributed by atoms with Crippen molar-refractivity contribution in [2.75, 3.05) is 7.11 Å². The third kappa shape index (κ3) is 3.26. The molecule has 3 aromatic rings. The molecule has 4 rings (SSSR count). The number of oxazole rings is 1. The summed E-state index contributed by atoms with van der Waals surface area (Å²) in [6.45, 7) is 1.90. The molecular formula is C19H19N3O3S. The van der Waals surface area contributed by atoms with E-state index in [2.05, 4.69) is 15.0 Å². The Bertz CT molecular complexity index is 992. The van der Waals surface area contributed by atoms with E-state index in [1.807, 2.05) is 31.2 Å². The lowest BCUT2D eigenvalue weighted by Gasteiger charge is -2.02. The van der Waals surface area contributed by atoms with Crippen LogP contribution >= 0.6 is 11.8 Å². The highest BCUT2D eigenvalue weighted by Gasteiger charge is 2.18. The molecule has 7 heteroatoms. The van der Waals surface area contributed by atoms with E-state index in [0.29, 0.717) is 16.8 Å². The molecule has 2 aromatic heterocycles. The van der Waals surface area contributed by atoms with Crippen molar-refractivity contribution >= 4 is 11.8 Å². The maximum absolute atomic E-state index is 12.1. The van der Waals surface area contributed by atoms with Gasteiger partial charge < -0.3 is 14.1 Å². The Balaban J connectivity index is 1.51. The Labute approximate surface area is 155 Å². The molecule has 0 radical (unpaired) electrons. The number of hydrogen-bond acceptors (Lipinski definition) is 6. The number of H-pyrrole nitrogens is 1. The van der Waals surface area contributed by atoms with Crippen LogP contribution in [0, 0.1) is 6.92 Å². The minimum atomic E-state index is -0.00852. The van der Waals surface area contributed by atoms with Crippen LogP contribution in [0.1, 0.15) is 29.1 Å². The maximum Gasteiger partial charge on any atom is 0.254 e. The molecular weight excluding hydrogens is 350 g/mol. The minimum absolute atomic E-state index is 0.00852. The molecule has 1 aliphatic carbocycles. The predicted octanol–water partition coefficient (Wildman–Crippen LogP) is 3.52. The lowest BCUT2D eigenvalue weighted by Crippen LogP contribution is -2.14. The second-order valence-electron chi connectivity index (χ2n) is 6.19. The van der Waals surface area contributed by atoms with Crippen LogP contribution in [0.5, 0.6) is 5.75 Å². The second kappa shape index (κ2) is 6.99. The van der Waals surface area contributed by atoms with E-state index < -0.39 is 0 Å². The van der Waals surface area contributed by atoms with Crippen molar-refractivity contribution in [2.45, 2.75) is 37.1 Å². The fourth-order valence-corrected chi connectivity index (χ4v) is 3.92. The smallest absolute Gasteiger partial charge is 0.254 e. The summed E-state index contributed by atoms with van der Waals surface area (Å²) in [7, 11) is 1.64. The highest BCUT2D eigenvalue weighted by Crippen LogP contribution is 2.28. The monoisotopic (exact) mass is 369 g/mol. The summed E-state index contributed by atoms with van der Waals surface area (Å²) in [5, 5.41) is 0.643. The van der Waals surface area contributed by atoms with Gasteiger partial charge in [-0.25, -0.2) is 9.97 Å². The number of aryl methyl sites for hydroxylation is 2. The first-order valence-corrected chi connectivity index (χ1v) is 9.48. The van der Waals surface area contributed by atoms with Crippen LogP contribution in [0.15, 0.2) is 38.6 Å². The molecule has 0 atom stereocenters. The van der Waals surface area contributed by atoms with Crippen LogP contribution < -0.4 is 10.3 Å². The van der Waals surface area contributed by atoms with Gasteiger partial charge in [0.05, 0.1) is 18.5 Å². The van der Waals surface area contributed by atoms with E-state index in [9.17, 15) is 4.79 Å². The van der Waals surface area contributed by atoms with Gasteiger partial charge in [-0.1, -0.05) is 11.8 Å². The molecule has 0 aliphatic heterocycles. The average Bonchev–Trinajstić information content (AvgIpc) is 3.27. The van der Waals surface area contributed by atoms with Gasteiger partial charge in [-0.15, -0.1) is 0 Å². The number of fused-ring (bicyclic) bond motifs is 1. The maximum atomic E-state index is 12.1. The number of methoxy groups -OCH3 is 1. The second-order valence-corrected chi connectivity index (χ2v) is 7.15. The highest BCUT2D eigenvalue weighted by atomic mass is 32.2. The van der Waals surface area contributed by atoms with Gasteiger partial charge in [0.25, 0.3) is 5.56 Å². The Morgan fingerprint density at radius 2 is 2.04 bits per heavy atom. The van der Waals surface area contributed by atoms with Gasteiger partial charge in [-0.05, 0) is 50.5 Å². The van der Waals surface area contributed by atoms with Crippen molar-refractivity contribution < 1.29 is 9.15 Å². The number of ether oxygens (including phenoxy) is 1. The first-order valence-electron chi connectivity index (χ1n) is 8.49. The summed E-state index contributed by atoms with van der Waals surface area (Å²) in [5.41, 5.74) is 3.52. The molecule has 1 aliphatic rings. The Kier molecular flexibility index (Phi) is 4.55.